The van der Waals surface area contributed by atoms with Crippen LogP contribution in [0.1, 0.15) is 13.3 Å². The third-order valence-corrected chi connectivity index (χ3v) is 2.36. The average Bonchev–Trinajstić information content (AvgIpc) is 2.45. The van der Waals surface area contributed by atoms with Crippen LogP contribution in [-0.2, 0) is 0 Å². The Morgan fingerprint density at radius 1 is 1.55 bits per heavy atom. The van der Waals surface area contributed by atoms with Gasteiger partial charge in [0.15, 0.2) is 0 Å². The molecule has 1 rings (SSSR count). The van der Waals surface area contributed by atoms with Crippen LogP contribution >= 0.6 is 0 Å². The van der Waals surface area contributed by atoms with Crippen molar-refractivity contribution in [2.24, 2.45) is 23.5 Å². The van der Waals surface area contributed by atoms with E-state index >= 15 is 0 Å². The first-order chi connectivity index (χ1) is 4.96. The van der Waals surface area contributed by atoms with Crippen LogP contribution in [0.25, 0.3) is 0 Å². The standard InChI is InChI=1S/C7H12F3N/c1-4-2-5(4)6(3-11)7(8,9)10/h4-6H,2-3,11H2,1H3. The van der Waals surface area contributed by atoms with E-state index in [2.05, 4.69) is 0 Å². The third kappa shape index (κ3) is 1.86. The molecule has 4 heteroatoms. The van der Waals surface area contributed by atoms with Gasteiger partial charge in [0, 0.05) is 6.54 Å². The van der Waals surface area contributed by atoms with Crippen molar-refractivity contribution in [3.63, 3.8) is 0 Å². The van der Waals surface area contributed by atoms with Crippen molar-refractivity contribution in [2.45, 2.75) is 19.5 Å². The summed E-state index contributed by atoms with van der Waals surface area (Å²) in [6.45, 7) is 1.57. The zero-order chi connectivity index (χ0) is 8.65. The Kier molecular flexibility index (Phi) is 2.14. The third-order valence-electron chi connectivity index (χ3n) is 2.36. The smallest absolute Gasteiger partial charge is 0.330 e. The van der Waals surface area contributed by atoms with Crippen LogP contribution < -0.4 is 5.73 Å². The van der Waals surface area contributed by atoms with E-state index in [0.717, 1.165) is 0 Å². The molecule has 0 amide bonds. The molecular weight excluding hydrogens is 155 g/mol. The lowest BCUT2D eigenvalue weighted by Gasteiger charge is -2.17. The summed E-state index contributed by atoms with van der Waals surface area (Å²) < 4.78 is 36.3. The molecule has 2 N–H and O–H groups in total. The molecule has 11 heavy (non-hydrogen) atoms. The number of nitrogens with two attached hydrogens (primary N) is 1. The molecule has 0 spiro atoms. The van der Waals surface area contributed by atoms with Crippen LogP contribution in [0.5, 0.6) is 0 Å². The first-order valence-corrected chi connectivity index (χ1v) is 3.73. The first-order valence-electron chi connectivity index (χ1n) is 3.73. The molecule has 0 heterocycles. The fraction of sp³-hybridized carbons (Fsp3) is 1.00. The Morgan fingerprint density at radius 2 is 2.00 bits per heavy atom. The average molecular weight is 167 g/mol. The molecule has 0 aromatic rings. The van der Waals surface area contributed by atoms with Crippen LogP contribution in [0.2, 0.25) is 0 Å². The van der Waals surface area contributed by atoms with Crippen LogP contribution in [0.4, 0.5) is 13.2 Å². The van der Waals surface area contributed by atoms with Crippen LogP contribution in [0, 0.1) is 17.8 Å². The maximum atomic E-state index is 12.1. The number of hydrogen-bond acceptors (Lipinski definition) is 1. The van der Waals surface area contributed by atoms with Gasteiger partial charge in [-0.1, -0.05) is 6.92 Å². The zero-order valence-electron chi connectivity index (χ0n) is 6.36. The van der Waals surface area contributed by atoms with E-state index < -0.39 is 12.1 Å². The molecule has 1 nitrogen and oxygen atoms in total. The van der Waals surface area contributed by atoms with Gasteiger partial charge in [-0.2, -0.15) is 13.2 Å². The first kappa shape index (κ1) is 8.84. The molecule has 1 saturated carbocycles. The quantitative estimate of drug-likeness (QED) is 0.666. The van der Waals surface area contributed by atoms with Gasteiger partial charge in [-0.05, 0) is 18.3 Å². The molecule has 3 atom stereocenters. The summed E-state index contributed by atoms with van der Waals surface area (Å²) in [4.78, 5) is 0. The predicted octanol–water partition coefficient (Wildman–Crippen LogP) is 1.78. The van der Waals surface area contributed by atoms with Crippen LogP contribution in [-0.4, -0.2) is 12.7 Å². The molecule has 66 valence electrons. The molecule has 1 aliphatic carbocycles. The summed E-state index contributed by atoms with van der Waals surface area (Å²) in [7, 11) is 0. The van der Waals surface area contributed by atoms with E-state index in [4.69, 9.17) is 5.73 Å². The lowest BCUT2D eigenvalue weighted by molar-refractivity contribution is -0.178. The van der Waals surface area contributed by atoms with E-state index in [1.807, 2.05) is 6.92 Å². The number of rotatable bonds is 2. The van der Waals surface area contributed by atoms with Gasteiger partial charge in [0.25, 0.3) is 0 Å². The molecule has 3 unspecified atom stereocenters. The van der Waals surface area contributed by atoms with Gasteiger partial charge in [0.1, 0.15) is 0 Å². The van der Waals surface area contributed by atoms with Crippen molar-refractivity contribution in [3.05, 3.63) is 0 Å². The highest BCUT2D eigenvalue weighted by atomic mass is 19.4. The van der Waals surface area contributed by atoms with Crippen LogP contribution in [0.3, 0.4) is 0 Å². The van der Waals surface area contributed by atoms with Gasteiger partial charge in [-0.15, -0.1) is 0 Å². The summed E-state index contributed by atoms with van der Waals surface area (Å²) >= 11 is 0. The maximum absolute atomic E-state index is 12.1. The van der Waals surface area contributed by atoms with Crippen molar-refractivity contribution < 1.29 is 13.2 Å². The van der Waals surface area contributed by atoms with E-state index in [1.165, 1.54) is 0 Å². The van der Waals surface area contributed by atoms with Crippen molar-refractivity contribution in [3.8, 4) is 0 Å². The van der Waals surface area contributed by atoms with Gasteiger partial charge in [-0.3, -0.25) is 0 Å². The molecule has 1 fully saturated rings. The maximum Gasteiger partial charge on any atom is 0.393 e. The monoisotopic (exact) mass is 167 g/mol. The van der Waals surface area contributed by atoms with Gasteiger partial charge in [0.05, 0.1) is 5.92 Å². The highest BCUT2D eigenvalue weighted by Crippen LogP contribution is 2.49. The Morgan fingerprint density at radius 3 is 2.09 bits per heavy atom. The van der Waals surface area contributed by atoms with Crippen LogP contribution in [0.15, 0.2) is 0 Å². The highest BCUT2D eigenvalue weighted by molar-refractivity contribution is 4.91. The van der Waals surface area contributed by atoms with Gasteiger partial charge >= 0.3 is 6.18 Å². The lowest BCUT2D eigenvalue weighted by atomic mass is 10.0. The topological polar surface area (TPSA) is 26.0 Å². The number of alkyl halides is 3. The number of hydrogen-bond donors (Lipinski definition) is 1. The minimum atomic E-state index is -4.09. The van der Waals surface area contributed by atoms with E-state index in [9.17, 15) is 13.2 Å². The normalized spacial score (nSPS) is 33.5. The van der Waals surface area contributed by atoms with E-state index in [-0.39, 0.29) is 18.4 Å². The molecule has 0 aromatic heterocycles. The van der Waals surface area contributed by atoms with E-state index in [1.54, 1.807) is 0 Å². The fourth-order valence-corrected chi connectivity index (χ4v) is 1.46. The predicted molar refractivity (Wildman–Crippen MR) is 35.9 cm³/mol. The molecule has 0 saturated heterocycles. The van der Waals surface area contributed by atoms with Gasteiger partial charge in [0.2, 0.25) is 0 Å². The second kappa shape index (κ2) is 2.66. The molecule has 0 radical (unpaired) electrons. The van der Waals surface area contributed by atoms with Crippen molar-refractivity contribution >= 4 is 0 Å². The Labute approximate surface area is 63.8 Å². The Bertz CT molecular complexity index is 143. The van der Waals surface area contributed by atoms with Crippen molar-refractivity contribution in [2.75, 3.05) is 6.54 Å². The highest BCUT2D eigenvalue weighted by Gasteiger charge is 2.51. The second-order valence-corrected chi connectivity index (χ2v) is 3.26. The summed E-state index contributed by atoms with van der Waals surface area (Å²) in [5, 5.41) is 0. The number of halogens is 3. The summed E-state index contributed by atoms with van der Waals surface area (Å²) in [5.41, 5.74) is 5.04. The van der Waals surface area contributed by atoms with E-state index in [0.29, 0.717) is 6.42 Å². The van der Waals surface area contributed by atoms with Crippen molar-refractivity contribution in [1.29, 1.82) is 0 Å². The Hall–Kier alpha value is -0.250. The Balaban J connectivity index is 2.51. The summed E-state index contributed by atoms with van der Waals surface area (Å²) in [6.07, 6.45) is -3.41. The molecule has 0 aliphatic heterocycles. The zero-order valence-corrected chi connectivity index (χ0v) is 6.36. The fourth-order valence-electron chi connectivity index (χ4n) is 1.46. The molecule has 0 bridgehead atoms. The molecule has 1 aliphatic rings. The van der Waals surface area contributed by atoms with Gasteiger partial charge < -0.3 is 5.73 Å². The minimum Gasteiger partial charge on any atom is -0.330 e. The molecule has 0 aromatic carbocycles. The minimum absolute atomic E-state index is 0.208. The SMILES string of the molecule is CC1CC1C(CN)C(F)(F)F. The largest absolute Gasteiger partial charge is 0.393 e. The molecular formula is C7H12F3N. The van der Waals surface area contributed by atoms with Crippen molar-refractivity contribution in [1.82, 2.24) is 0 Å². The summed E-state index contributed by atoms with van der Waals surface area (Å²) in [6, 6.07) is 0. The van der Waals surface area contributed by atoms with Gasteiger partial charge in [-0.25, -0.2) is 0 Å². The summed E-state index contributed by atoms with van der Waals surface area (Å²) in [5.74, 6) is -1.26. The second-order valence-electron chi connectivity index (χ2n) is 3.26. The lowest BCUT2D eigenvalue weighted by Crippen LogP contribution is -2.32.